The number of ether oxygens (including phenoxy) is 1. The van der Waals surface area contributed by atoms with Gasteiger partial charge in [-0.2, -0.15) is 0 Å². The number of rotatable bonds is 8. The highest BCUT2D eigenvalue weighted by Crippen LogP contribution is 2.40. The minimum absolute atomic E-state index is 0.173. The third kappa shape index (κ3) is 6.51. The number of aryl methyl sites for hydroxylation is 1. The number of hydrogen-bond acceptors (Lipinski definition) is 6. The first-order chi connectivity index (χ1) is 18.3. The number of carbonyl (C=O) groups excluding carboxylic acids is 1. The molecule has 0 spiro atoms. The van der Waals surface area contributed by atoms with Gasteiger partial charge in [-0.1, -0.05) is 29.8 Å². The number of nitrogens with one attached hydrogen (secondary N) is 1. The highest BCUT2D eigenvalue weighted by Gasteiger charge is 2.36. The smallest absolute Gasteiger partial charge is 0.313 e. The van der Waals surface area contributed by atoms with E-state index in [9.17, 15) is 19.8 Å². The zero-order chi connectivity index (χ0) is 27.2. The number of anilines is 2. The van der Waals surface area contributed by atoms with Gasteiger partial charge < -0.3 is 25.2 Å². The Morgan fingerprint density at radius 1 is 1.21 bits per heavy atom. The average Bonchev–Trinajstić information content (AvgIpc) is 2.92. The molecule has 2 aliphatic rings. The fourth-order valence-corrected chi connectivity index (χ4v) is 5.87. The van der Waals surface area contributed by atoms with Gasteiger partial charge in [0.05, 0.1) is 36.9 Å². The average molecular weight is 541 g/mol. The van der Waals surface area contributed by atoms with Crippen LogP contribution >= 0.6 is 11.6 Å². The van der Waals surface area contributed by atoms with E-state index in [1.807, 2.05) is 30.3 Å². The number of carboxylic acid groups (broad SMARTS) is 1. The van der Waals surface area contributed by atoms with Crippen LogP contribution in [0.25, 0.3) is 0 Å². The molecule has 7 nitrogen and oxygen atoms in total. The van der Waals surface area contributed by atoms with E-state index in [2.05, 4.69) is 22.9 Å². The quantitative estimate of drug-likeness (QED) is 0.304. The predicted octanol–water partition coefficient (Wildman–Crippen LogP) is 5.40. The second-order valence-corrected chi connectivity index (χ2v) is 10.8. The Hall–Kier alpha value is -3.03. The fourth-order valence-electron chi connectivity index (χ4n) is 5.68. The highest BCUT2D eigenvalue weighted by molar-refractivity contribution is 6.30. The lowest BCUT2D eigenvalue weighted by Gasteiger charge is -2.42. The zero-order valence-corrected chi connectivity index (χ0v) is 22.6. The molecule has 0 radical (unpaired) electrons. The van der Waals surface area contributed by atoms with Gasteiger partial charge in [0.25, 0.3) is 0 Å². The van der Waals surface area contributed by atoms with Crippen molar-refractivity contribution in [2.24, 2.45) is 11.8 Å². The summed E-state index contributed by atoms with van der Waals surface area (Å²) in [5, 5.41) is 24.2. The number of benzene rings is 2. The molecule has 1 heterocycles. The summed E-state index contributed by atoms with van der Waals surface area (Å²) in [5.41, 5.74) is 4.87. The van der Waals surface area contributed by atoms with Crippen molar-refractivity contribution < 1.29 is 24.5 Å². The maximum atomic E-state index is 12.6. The Bertz CT molecular complexity index is 1170. The Morgan fingerprint density at radius 2 is 2.03 bits per heavy atom. The number of aliphatic hydroxyl groups is 1. The molecule has 2 aromatic rings. The molecule has 0 bridgehead atoms. The largest absolute Gasteiger partial charge is 0.481 e. The van der Waals surface area contributed by atoms with Gasteiger partial charge in [-0.25, -0.2) is 0 Å². The van der Waals surface area contributed by atoms with E-state index < -0.39 is 24.0 Å². The zero-order valence-electron chi connectivity index (χ0n) is 21.9. The molecule has 3 N–H and O–H groups in total. The number of aliphatic hydroxyl groups excluding tert-OH is 1. The van der Waals surface area contributed by atoms with Crippen LogP contribution in [0.2, 0.25) is 5.02 Å². The van der Waals surface area contributed by atoms with Crippen LogP contribution in [0.4, 0.5) is 11.4 Å². The Kier molecular flexibility index (Phi) is 9.34. The molecule has 2 aromatic carbocycles. The van der Waals surface area contributed by atoms with Crippen LogP contribution < -0.4 is 10.2 Å². The second kappa shape index (κ2) is 12.7. The van der Waals surface area contributed by atoms with Crippen molar-refractivity contribution in [3.05, 3.63) is 70.8 Å². The summed E-state index contributed by atoms with van der Waals surface area (Å²) < 4.78 is 4.95. The number of hydrogen-bond donors (Lipinski definition) is 3. The molecule has 38 heavy (non-hydrogen) atoms. The normalized spacial score (nSPS) is 20.9. The predicted molar refractivity (Wildman–Crippen MR) is 150 cm³/mol. The Morgan fingerprint density at radius 3 is 2.71 bits per heavy atom. The maximum Gasteiger partial charge on any atom is 0.313 e. The molecule has 1 aliphatic carbocycles. The summed E-state index contributed by atoms with van der Waals surface area (Å²) in [6.45, 7) is 5.94. The molecule has 0 saturated heterocycles. The minimum Gasteiger partial charge on any atom is -0.481 e. The lowest BCUT2D eigenvalue weighted by Crippen LogP contribution is -2.43. The lowest BCUT2D eigenvalue weighted by atomic mass is 9.70. The van der Waals surface area contributed by atoms with Gasteiger partial charge >= 0.3 is 11.9 Å². The highest BCUT2D eigenvalue weighted by atomic mass is 35.5. The van der Waals surface area contributed by atoms with E-state index in [0.717, 1.165) is 61.6 Å². The number of nitrogens with zero attached hydrogens (tertiary/aromatic N) is 1. The van der Waals surface area contributed by atoms with Gasteiger partial charge in [-0.05, 0) is 84.9 Å². The minimum atomic E-state index is -1.06. The number of fused-ring (bicyclic) bond motifs is 2. The van der Waals surface area contributed by atoms with Crippen LogP contribution in [0.3, 0.4) is 0 Å². The summed E-state index contributed by atoms with van der Waals surface area (Å²) in [7, 11) is 1.28. The summed E-state index contributed by atoms with van der Waals surface area (Å²) in [4.78, 5) is 26.5. The third-order valence-electron chi connectivity index (χ3n) is 8.00. The monoisotopic (exact) mass is 540 g/mol. The summed E-state index contributed by atoms with van der Waals surface area (Å²) in [6, 6.07) is 11.7. The van der Waals surface area contributed by atoms with Gasteiger partial charge in [0, 0.05) is 24.7 Å². The van der Waals surface area contributed by atoms with Crippen molar-refractivity contribution in [3.63, 3.8) is 0 Å². The van der Waals surface area contributed by atoms with E-state index >= 15 is 0 Å². The molecule has 1 saturated carbocycles. The van der Waals surface area contributed by atoms with Gasteiger partial charge in [0.15, 0.2) is 0 Å². The third-order valence-corrected chi connectivity index (χ3v) is 8.24. The van der Waals surface area contributed by atoms with Crippen LogP contribution in [0, 0.1) is 11.8 Å². The topological polar surface area (TPSA) is 99.1 Å². The van der Waals surface area contributed by atoms with Crippen LogP contribution in [-0.2, 0) is 27.3 Å². The number of aliphatic carboxylic acids is 1. The number of carbonyl (C=O) groups is 2. The molecule has 4 rings (SSSR count). The molecule has 2 unspecified atom stereocenters. The van der Waals surface area contributed by atoms with Crippen molar-refractivity contribution in [2.45, 2.75) is 57.1 Å². The summed E-state index contributed by atoms with van der Waals surface area (Å²) in [6.07, 6.45) is 5.62. The van der Waals surface area contributed by atoms with Crippen molar-refractivity contribution >= 4 is 34.9 Å². The van der Waals surface area contributed by atoms with E-state index in [0.29, 0.717) is 18.0 Å². The Labute approximate surface area is 229 Å². The molecule has 1 fully saturated rings. The van der Waals surface area contributed by atoms with E-state index in [-0.39, 0.29) is 12.3 Å². The molecular weight excluding hydrogens is 504 g/mol. The van der Waals surface area contributed by atoms with Crippen LogP contribution in [-0.4, -0.2) is 48.5 Å². The molecule has 4 atom stereocenters. The van der Waals surface area contributed by atoms with E-state index in [4.69, 9.17) is 16.3 Å². The van der Waals surface area contributed by atoms with Crippen LogP contribution in [0.5, 0.6) is 0 Å². The maximum absolute atomic E-state index is 12.6. The second-order valence-electron chi connectivity index (χ2n) is 10.3. The molecule has 8 heteroatoms. The first-order valence-electron chi connectivity index (χ1n) is 13.3. The summed E-state index contributed by atoms with van der Waals surface area (Å²) >= 11 is 6.30. The van der Waals surface area contributed by atoms with Gasteiger partial charge in [0.1, 0.15) is 0 Å². The molecule has 0 amide bonds. The fraction of sp³-hybridized carbons (Fsp3) is 0.467. The lowest BCUT2D eigenvalue weighted by molar-refractivity contribution is -0.147. The molecular formula is C30H37ClN2O5. The number of esters is 1. The number of methoxy groups -OCH3 is 1. The van der Waals surface area contributed by atoms with Crippen molar-refractivity contribution in [3.8, 4) is 0 Å². The van der Waals surface area contributed by atoms with Gasteiger partial charge in [-0.15, -0.1) is 6.58 Å². The standard InChI is InChI=1S/C30H37ClN2O5/c1-3-28(34)24-11-8-22(24)18-33-13-5-4-6-19-14-23(31)10-7-21(19)17-32-26-12-9-20(15-27(26)33)25(16-29(35)36)30(37)38-2/h3,7,9-10,12,14-15,22,24-25,28,32,34H,1,4-6,8,11,13,16-18H2,2H3,(H,35,36)/t22-,24+,25?,28?/m0/s1. The van der Waals surface area contributed by atoms with Crippen molar-refractivity contribution in [1.82, 2.24) is 0 Å². The van der Waals surface area contributed by atoms with Crippen LogP contribution in [0.1, 0.15) is 54.7 Å². The van der Waals surface area contributed by atoms with E-state index in [1.165, 1.54) is 18.2 Å². The summed E-state index contributed by atoms with van der Waals surface area (Å²) in [5.74, 6) is -2.03. The van der Waals surface area contributed by atoms with Crippen molar-refractivity contribution in [2.75, 3.05) is 30.4 Å². The molecule has 1 aliphatic heterocycles. The SMILES string of the molecule is C=CC(O)[C@@H]1CC[C@H]1CN1CCCCc2cc(Cl)ccc2CNc2ccc(C(CC(=O)O)C(=O)OC)cc21. The number of carboxylic acids is 1. The molecule has 0 aromatic heterocycles. The number of halogens is 1. The first kappa shape index (κ1) is 28.0. The van der Waals surface area contributed by atoms with Crippen molar-refractivity contribution in [1.29, 1.82) is 0 Å². The van der Waals surface area contributed by atoms with E-state index in [1.54, 1.807) is 6.08 Å². The Balaban J connectivity index is 1.72. The van der Waals surface area contributed by atoms with Crippen LogP contribution in [0.15, 0.2) is 49.1 Å². The molecule has 204 valence electrons. The first-order valence-corrected chi connectivity index (χ1v) is 13.7. The van der Waals surface area contributed by atoms with Gasteiger partial charge in [-0.3, -0.25) is 9.59 Å². The van der Waals surface area contributed by atoms with Gasteiger partial charge in [0.2, 0.25) is 0 Å².